The van der Waals surface area contributed by atoms with Crippen LogP contribution in [-0.4, -0.2) is 15.6 Å². The first-order chi connectivity index (χ1) is 11.2. The first-order valence-electron chi connectivity index (χ1n) is 7.43. The zero-order valence-corrected chi connectivity index (χ0v) is 14.5. The fourth-order valence-corrected chi connectivity index (χ4v) is 3.36. The molecule has 0 saturated heterocycles. The second kappa shape index (κ2) is 9.72. The summed E-state index contributed by atoms with van der Waals surface area (Å²) in [5.74, 6) is 0.385. The Morgan fingerprint density at radius 2 is 1.57 bits per heavy atom. The van der Waals surface area contributed by atoms with Crippen molar-refractivity contribution in [3.05, 3.63) is 48.5 Å². The third-order valence-electron chi connectivity index (χ3n) is 3.05. The van der Waals surface area contributed by atoms with Gasteiger partial charge >= 0.3 is 0 Å². The molecule has 0 spiro atoms. The average Bonchev–Trinajstić information content (AvgIpc) is 2.56. The van der Waals surface area contributed by atoms with Crippen molar-refractivity contribution in [1.82, 2.24) is 0 Å². The minimum absolute atomic E-state index is 0.152. The monoisotopic (exact) mass is 352 g/mol. The Morgan fingerprint density at radius 1 is 0.957 bits per heavy atom. The van der Waals surface area contributed by atoms with E-state index in [1.807, 2.05) is 18.2 Å². The predicted octanol–water partition coefficient (Wildman–Crippen LogP) is 5.36. The van der Waals surface area contributed by atoms with E-state index in [1.165, 1.54) is 11.8 Å². The predicted molar refractivity (Wildman–Crippen MR) is 93.4 cm³/mol. The Kier molecular flexibility index (Phi) is 7.61. The van der Waals surface area contributed by atoms with Crippen LogP contribution in [0.15, 0.2) is 58.3 Å². The summed E-state index contributed by atoms with van der Waals surface area (Å²) in [6.07, 6.45) is 2.85. The number of hydrogen-bond acceptors (Lipinski definition) is 6. The molecular formula is C17H20O4S2. The van der Waals surface area contributed by atoms with E-state index in [9.17, 15) is 10.2 Å². The lowest BCUT2D eigenvalue weighted by molar-refractivity contribution is -0.204. The first-order valence-corrected chi connectivity index (χ1v) is 9.05. The molecule has 0 aromatic heterocycles. The molecule has 23 heavy (non-hydrogen) atoms. The molecule has 0 radical (unpaired) electrons. The van der Waals surface area contributed by atoms with Gasteiger partial charge in [0.25, 0.3) is 0 Å². The molecule has 0 heterocycles. The summed E-state index contributed by atoms with van der Waals surface area (Å²) >= 11 is 2.40. The van der Waals surface area contributed by atoms with Crippen LogP contribution < -0.4 is 0 Å². The van der Waals surface area contributed by atoms with E-state index >= 15 is 0 Å². The van der Waals surface area contributed by atoms with E-state index in [2.05, 4.69) is 6.92 Å². The van der Waals surface area contributed by atoms with Crippen molar-refractivity contribution >= 4 is 23.8 Å². The summed E-state index contributed by atoms with van der Waals surface area (Å²) in [6, 6.07) is 14.1. The molecule has 0 aliphatic rings. The molecule has 0 aliphatic carbocycles. The Morgan fingerprint density at radius 3 is 2.17 bits per heavy atom. The van der Waals surface area contributed by atoms with Gasteiger partial charge in [-0.3, -0.25) is 0 Å². The van der Waals surface area contributed by atoms with Crippen LogP contribution in [0.5, 0.6) is 11.5 Å². The molecule has 0 saturated carbocycles. The number of aromatic hydroxyl groups is 2. The highest BCUT2D eigenvalue weighted by molar-refractivity contribution is 8.00. The number of para-hydroxylation sites is 2. The Labute approximate surface area is 145 Å². The third-order valence-corrected chi connectivity index (χ3v) is 4.90. The van der Waals surface area contributed by atoms with Crippen LogP contribution in [0.2, 0.25) is 0 Å². The van der Waals surface area contributed by atoms with Crippen molar-refractivity contribution in [2.45, 2.75) is 41.4 Å². The minimum atomic E-state index is -0.235. The maximum absolute atomic E-state index is 9.87. The highest BCUT2D eigenvalue weighted by Gasteiger charge is 2.15. The molecule has 1 atom stereocenters. The molecule has 0 aliphatic heterocycles. The largest absolute Gasteiger partial charge is 0.507 e. The highest BCUT2D eigenvalue weighted by atomic mass is 32.2. The molecule has 4 nitrogen and oxygen atoms in total. The van der Waals surface area contributed by atoms with Gasteiger partial charge in [0, 0.05) is 0 Å². The first kappa shape index (κ1) is 18.0. The van der Waals surface area contributed by atoms with Gasteiger partial charge in [0.15, 0.2) is 0 Å². The topological polar surface area (TPSA) is 58.9 Å². The number of benzene rings is 2. The molecule has 0 fully saturated rings. The third kappa shape index (κ3) is 5.99. The van der Waals surface area contributed by atoms with Crippen molar-refractivity contribution in [1.29, 1.82) is 0 Å². The molecule has 0 amide bonds. The summed E-state index contributed by atoms with van der Waals surface area (Å²) in [7, 11) is 0. The van der Waals surface area contributed by atoms with Crippen LogP contribution in [0.25, 0.3) is 0 Å². The van der Waals surface area contributed by atoms with E-state index < -0.39 is 0 Å². The second-order valence-electron chi connectivity index (χ2n) is 4.87. The molecule has 2 N–H and O–H groups in total. The number of thioether (sulfide) groups is 1. The van der Waals surface area contributed by atoms with E-state index in [-0.39, 0.29) is 16.9 Å². The number of phenols is 2. The van der Waals surface area contributed by atoms with Crippen LogP contribution in [0.1, 0.15) is 26.2 Å². The maximum Gasteiger partial charge on any atom is 0.144 e. The van der Waals surface area contributed by atoms with Gasteiger partial charge in [-0.1, -0.05) is 55.8 Å². The molecule has 1 unspecified atom stereocenters. The fourth-order valence-electron chi connectivity index (χ4n) is 1.82. The van der Waals surface area contributed by atoms with E-state index in [4.69, 9.17) is 9.22 Å². The zero-order valence-electron chi connectivity index (χ0n) is 12.8. The second-order valence-corrected chi connectivity index (χ2v) is 6.82. The lowest BCUT2D eigenvalue weighted by atomic mass is 10.3. The standard InChI is InChI=1S/C17H20O4S2/c1-2-3-12-17(22-15-10-6-4-8-13(15)18)20-21-23-16-11-7-5-9-14(16)19/h4-11,17-19H,2-3,12H2,1H3. The summed E-state index contributed by atoms with van der Waals surface area (Å²) in [5, 5.41) is 19.6. The van der Waals surface area contributed by atoms with Gasteiger partial charge in [-0.15, -0.1) is 0 Å². The number of rotatable bonds is 9. The number of phenolic OH excluding ortho intramolecular Hbond substituents is 2. The Bertz CT molecular complexity index is 607. The van der Waals surface area contributed by atoms with Crippen LogP contribution in [-0.2, 0) is 9.22 Å². The van der Waals surface area contributed by atoms with Gasteiger partial charge in [0.2, 0.25) is 0 Å². The van der Waals surface area contributed by atoms with Crippen molar-refractivity contribution in [2.75, 3.05) is 0 Å². The SMILES string of the molecule is CCCCC(OOSc1ccccc1O)Sc1ccccc1O. The lowest BCUT2D eigenvalue weighted by Crippen LogP contribution is -2.07. The van der Waals surface area contributed by atoms with E-state index in [0.29, 0.717) is 4.90 Å². The Hall–Kier alpha value is -1.34. The quantitative estimate of drug-likeness (QED) is 0.208. The molecule has 2 aromatic carbocycles. The zero-order chi connectivity index (χ0) is 16.5. The molecule has 2 aromatic rings. The number of unbranched alkanes of at least 4 members (excludes halogenated alkanes) is 1. The summed E-state index contributed by atoms with van der Waals surface area (Å²) in [4.78, 5) is 6.81. The van der Waals surface area contributed by atoms with Gasteiger partial charge < -0.3 is 10.2 Å². The summed E-state index contributed by atoms with van der Waals surface area (Å²) in [6.45, 7) is 2.11. The molecule has 6 heteroatoms. The van der Waals surface area contributed by atoms with Crippen molar-refractivity contribution < 1.29 is 19.4 Å². The van der Waals surface area contributed by atoms with Gasteiger partial charge in [-0.2, -0.15) is 4.33 Å². The summed E-state index contributed by atoms with van der Waals surface area (Å²) < 4.78 is 5.23. The van der Waals surface area contributed by atoms with Crippen molar-refractivity contribution in [3.8, 4) is 11.5 Å². The van der Waals surface area contributed by atoms with E-state index in [0.717, 1.165) is 36.2 Å². The highest BCUT2D eigenvalue weighted by Crippen LogP contribution is 2.36. The lowest BCUT2D eigenvalue weighted by Gasteiger charge is -2.16. The van der Waals surface area contributed by atoms with Gasteiger partial charge in [0.1, 0.15) is 16.9 Å². The van der Waals surface area contributed by atoms with Gasteiger partial charge in [0.05, 0.1) is 21.8 Å². The van der Waals surface area contributed by atoms with Crippen LogP contribution >= 0.6 is 23.8 Å². The number of hydrogen-bond donors (Lipinski definition) is 2. The van der Waals surface area contributed by atoms with Crippen molar-refractivity contribution in [2.24, 2.45) is 0 Å². The Balaban J connectivity index is 1.90. The molecule has 0 bridgehead atoms. The molecule has 2 rings (SSSR count). The normalized spacial score (nSPS) is 12.2. The van der Waals surface area contributed by atoms with Crippen molar-refractivity contribution in [3.63, 3.8) is 0 Å². The van der Waals surface area contributed by atoms with Gasteiger partial charge in [-0.05, 0) is 30.7 Å². The fraction of sp³-hybridized carbons (Fsp3) is 0.294. The summed E-state index contributed by atoms with van der Waals surface area (Å²) in [5.41, 5.74) is -0.235. The van der Waals surface area contributed by atoms with Crippen LogP contribution in [0.4, 0.5) is 0 Å². The van der Waals surface area contributed by atoms with Crippen LogP contribution in [0.3, 0.4) is 0 Å². The average molecular weight is 352 g/mol. The molecular weight excluding hydrogens is 332 g/mol. The smallest absolute Gasteiger partial charge is 0.144 e. The van der Waals surface area contributed by atoms with Gasteiger partial charge in [-0.25, -0.2) is 4.89 Å². The van der Waals surface area contributed by atoms with Crippen LogP contribution in [0, 0.1) is 0 Å². The maximum atomic E-state index is 9.87. The molecule has 124 valence electrons. The van der Waals surface area contributed by atoms with E-state index in [1.54, 1.807) is 30.3 Å². The minimum Gasteiger partial charge on any atom is -0.507 e.